The van der Waals surface area contributed by atoms with Gasteiger partial charge in [0.05, 0.1) is 18.7 Å². The number of carbonyl (C=O) groups excluding carboxylic acids is 1. The molecule has 4 heterocycles. The topological polar surface area (TPSA) is 54.3 Å². The number of likely N-dealkylation sites (N-methyl/N-ethyl adjacent to an activating group) is 1. The highest BCUT2D eigenvalue weighted by Gasteiger charge is 2.44. The van der Waals surface area contributed by atoms with E-state index in [4.69, 9.17) is 0 Å². The first-order chi connectivity index (χ1) is 16.1. The number of benzene rings is 2. The molecule has 1 aromatic heterocycles. The second-order valence-corrected chi connectivity index (χ2v) is 9.32. The average molecular weight is 442 g/mol. The van der Waals surface area contributed by atoms with Crippen molar-refractivity contribution in [3.8, 4) is 22.4 Å². The number of hydrogen-bond donors (Lipinski definition) is 0. The van der Waals surface area contributed by atoms with Crippen LogP contribution in [0.5, 0.6) is 0 Å². The highest BCUT2D eigenvalue weighted by molar-refractivity contribution is 5.79. The van der Waals surface area contributed by atoms with Crippen LogP contribution < -0.4 is 0 Å². The maximum absolute atomic E-state index is 12.8. The van der Waals surface area contributed by atoms with Crippen LogP contribution in [0.1, 0.15) is 12.8 Å². The Hall–Kier alpha value is -3.25. The zero-order chi connectivity index (χ0) is 22.8. The molecule has 0 N–H and O–H groups in total. The van der Waals surface area contributed by atoms with E-state index < -0.39 is 0 Å². The third-order valence-corrected chi connectivity index (χ3v) is 7.20. The Labute approximate surface area is 195 Å². The van der Waals surface area contributed by atoms with Gasteiger partial charge in [0.1, 0.15) is 5.69 Å². The van der Waals surface area contributed by atoms with Gasteiger partial charge in [-0.05, 0) is 36.4 Å². The van der Waals surface area contributed by atoms with Gasteiger partial charge in [-0.2, -0.15) is 0 Å². The summed E-state index contributed by atoms with van der Waals surface area (Å²) >= 11 is 0. The molecule has 2 unspecified atom stereocenters. The van der Waals surface area contributed by atoms with E-state index in [9.17, 15) is 4.79 Å². The quantitative estimate of drug-likeness (QED) is 0.521. The Morgan fingerprint density at radius 3 is 2.55 bits per heavy atom. The van der Waals surface area contributed by atoms with E-state index in [-0.39, 0.29) is 11.8 Å². The summed E-state index contributed by atoms with van der Waals surface area (Å²) in [4.78, 5) is 17.1. The van der Waals surface area contributed by atoms with Crippen LogP contribution in [-0.2, 0) is 11.3 Å². The van der Waals surface area contributed by atoms with E-state index in [1.165, 1.54) is 11.1 Å². The maximum Gasteiger partial charge on any atom is 0.227 e. The lowest BCUT2D eigenvalue weighted by molar-refractivity contribution is -0.142. The SMILES string of the molecule is C=CCN(C)C(=O)[C@H]1CN2CCC1C[C@@H]2Cn1cc(-c2ccc(-c3ccccc3)cc2)nn1. The molecule has 4 atom stereocenters. The molecular weight excluding hydrogens is 410 g/mol. The van der Waals surface area contributed by atoms with Crippen molar-refractivity contribution in [2.24, 2.45) is 11.8 Å². The molecule has 0 aliphatic carbocycles. The van der Waals surface area contributed by atoms with Crippen LogP contribution in [0, 0.1) is 11.8 Å². The van der Waals surface area contributed by atoms with E-state index in [0.29, 0.717) is 18.5 Å². The van der Waals surface area contributed by atoms with Gasteiger partial charge in [0.15, 0.2) is 0 Å². The molecule has 6 heteroatoms. The largest absolute Gasteiger partial charge is 0.342 e. The van der Waals surface area contributed by atoms with Crippen molar-refractivity contribution < 1.29 is 4.79 Å². The molecule has 2 aromatic carbocycles. The summed E-state index contributed by atoms with van der Waals surface area (Å²) < 4.78 is 1.96. The normalized spacial score (nSPS) is 23.9. The van der Waals surface area contributed by atoms with E-state index in [1.807, 2.05) is 24.0 Å². The lowest BCUT2D eigenvalue weighted by Crippen LogP contribution is -2.58. The summed E-state index contributed by atoms with van der Waals surface area (Å²) in [6.07, 6.45) is 5.98. The third kappa shape index (κ3) is 4.48. The Balaban J connectivity index is 1.23. The Kier molecular flexibility index (Phi) is 6.09. The van der Waals surface area contributed by atoms with Crippen molar-refractivity contribution in [2.45, 2.75) is 25.4 Å². The van der Waals surface area contributed by atoms with E-state index in [0.717, 1.165) is 43.7 Å². The number of rotatable bonds is 7. The molecule has 3 aliphatic rings. The van der Waals surface area contributed by atoms with Crippen molar-refractivity contribution in [3.63, 3.8) is 0 Å². The molecule has 6 rings (SSSR count). The minimum atomic E-state index is 0.106. The van der Waals surface area contributed by atoms with Crippen molar-refractivity contribution >= 4 is 5.91 Å². The average Bonchev–Trinajstić information content (AvgIpc) is 3.33. The fraction of sp³-hybridized carbons (Fsp3) is 0.370. The molecule has 170 valence electrons. The van der Waals surface area contributed by atoms with Gasteiger partial charge in [-0.25, -0.2) is 0 Å². The molecule has 33 heavy (non-hydrogen) atoms. The van der Waals surface area contributed by atoms with Crippen molar-refractivity contribution in [2.75, 3.05) is 26.7 Å². The fourth-order valence-corrected chi connectivity index (χ4v) is 5.37. The predicted octanol–water partition coefficient (Wildman–Crippen LogP) is 3.97. The van der Waals surface area contributed by atoms with Crippen LogP contribution in [0.3, 0.4) is 0 Å². The van der Waals surface area contributed by atoms with E-state index >= 15 is 0 Å². The zero-order valence-electron chi connectivity index (χ0n) is 19.2. The van der Waals surface area contributed by atoms with Gasteiger partial charge < -0.3 is 4.90 Å². The first kappa shape index (κ1) is 21.6. The minimum absolute atomic E-state index is 0.106. The molecule has 0 spiro atoms. The summed E-state index contributed by atoms with van der Waals surface area (Å²) in [6, 6.07) is 19.3. The van der Waals surface area contributed by atoms with Gasteiger partial charge in [-0.15, -0.1) is 11.7 Å². The summed E-state index contributed by atoms with van der Waals surface area (Å²) in [5.41, 5.74) is 4.37. The summed E-state index contributed by atoms with van der Waals surface area (Å²) in [5.74, 6) is 0.813. The number of fused-ring (bicyclic) bond motifs is 3. The van der Waals surface area contributed by atoms with Crippen LogP contribution in [0.2, 0.25) is 0 Å². The van der Waals surface area contributed by atoms with Gasteiger partial charge in [0.25, 0.3) is 0 Å². The van der Waals surface area contributed by atoms with Crippen molar-refractivity contribution in [3.05, 3.63) is 73.4 Å². The van der Waals surface area contributed by atoms with Gasteiger partial charge >= 0.3 is 0 Å². The summed E-state index contributed by atoms with van der Waals surface area (Å²) in [6.45, 7) is 7.09. The number of hydrogen-bond acceptors (Lipinski definition) is 4. The van der Waals surface area contributed by atoms with Crippen LogP contribution in [0.4, 0.5) is 0 Å². The zero-order valence-corrected chi connectivity index (χ0v) is 19.2. The second kappa shape index (κ2) is 9.32. The highest BCUT2D eigenvalue weighted by Crippen LogP contribution is 2.37. The Morgan fingerprint density at radius 2 is 1.85 bits per heavy atom. The fourth-order valence-electron chi connectivity index (χ4n) is 5.37. The van der Waals surface area contributed by atoms with Crippen LogP contribution in [-0.4, -0.2) is 63.4 Å². The summed E-state index contributed by atoms with van der Waals surface area (Å²) in [5, 5.41) is 8.84. The molecule has 1 amide bonds. The first-order valence-corrected chi connectivity index (χ1v) is 11.8. The van der Waals surface area contributed by atoms with E-state index in [1.54, 1.807) is 11.0 Å². The third-order valence-electron chi connectivity index (χ3n) is 7.20. The number of piperidine rings is 3. The molecule has 0 saturated carbocycles. The minimum Gasteiger partial charge on any atom is -0.342 e. The monoisotopic (exact) mass is 441 g/mol. The molecular formula is C27H31N5O. The molecule has 6 nitrogen and oxygen atoms in total. The second-order valence-electron chi connectivity index (χ2n) is 9.32. The lowest BCUT2D eigenvalue weighted by atomic mass is 9.75. The smallest absolute Gasteiger partial charge is 0.227 e. The van der Waals surface area contributed by atoms with Crippen LogP contribution in [0.25, 0.3) is 22.4 Å². The summed E-state index contributed by atoms with van der Waals surface area (Å²) in [7, 11) is 1.88. The van der Waals surface area contributed by atoms with Crippen molar-refractivity contribution in [1.82, 2.24) is 24.8 Å². The van der Waals surface area contributed by atoms with Gasteiger partial charge in [-0.1, -0.05) is 65.9 Å². The van der Waals surface area contributed by atoms with Crippen LogP contribution >= 0.6 is 0 Å². The molecule has 3 fully saturated rings. The molecule has 3 saturated heterocycles. The number of amides is 1. The molecule has 0 radical (unpaired) electrons. The van der Waals surface area contributed by atoms with Gasteiger partial charge in [0.2, 0.25) is 5.91 Å². The molecule has 3 aliphatic heterocycles. The molecule has 2 bridgehead atoms. The standard InChI is InChI=1S/C27H31N5O/c1-3-14-30(2)27(33)25-18-31-15-13-23(25)16-24(31)17-32-19-26(28-29-32)22-11-9-21(10-12-22)20-7-5-4-6-8-20/h3-12,19,23-25H,1,13-18H2,2H3/t23?,24-,25+/m1/s1. The predicted molar refractivity (Wildman–Crippen MR) is 130 cm³/mol. The van der Waals surface area contributed by atoms with E-state index in [2.05, 4.69) is 70.3 Å². The van der Waals surface area contributed by atoms with Crippen LogP contribution in [0.15, 0.2) is 73.4 Å². The van der Waals surface area contributed by atoms with Crippen molar-refractivity contribution in [1.29, 1.82) is 0 Å². The maximum atomic E-state index is 12.8. The number of nitrogens with zero attached hydrogens (tertiary/aromatic N) is 5. The Morgan fingerprint density at radius 1 is 1.12 bits per heavy atom. The molecule has 3 aromatic rings. The number of carbonyl (C=O) groups is 1. The van der Waals surface area contributed by atoms with Gasteiger partial charge in [-0.3, -0.25) is 14.4 Å². The lowest BCUT2D eigenvalue weighted by Gasteiger charge is -2.49. The number of aromatic nitrogens is 3. The highest BCUT2D eigenvalue weighted by atomic mass is 16.2. The van der Waals surface area contributed by atoms with Gasteiger partial charge in [0, 0.05) is 31.7 Å². The first-order valence-electron chi connectivity index (χ1n) is 11.8. The Bertz CT molecular complexity index is 1110.